The molecule has 38 heavy (non-hydrogen) atoms. The van der Waals surface area contributed by atoms with Crippen LogP contribution < -0.4 is 24.7 Å². The molecule has 11 nitrogen and oxygen atoms in total. The summed E-state index contributed by atoms with van der Waals surface area (Å²) in [6, 6.07) is 17.1. The van der Waals surface area contributed by atoms with Crippen LogP contribution in [0.4, 0.5) is 17.3 Å². The minimum absolute atomic E-state index is 0.0293. The van der Waals surface area contributed by atoms with E-state index in [0.717, 1.165) is 23.0 Å². The van der Waals surface area contributed by atoms with E-state index in [0.29, 0.717) is 42.9 Å². The first kappa shape index (κ1) is 25.5. The summed E-state index contributed by atoms with van der Waals surface area (Å²) in [6.07, 6.45) is 3.31. The van der Waals surface area contributed by atoms with E-state index in [2.05, 4.69) is 15.3 Å². The average molecular weight is 534 g/mol. The van der Waals surface area contributed by atoms with Gasteiger partial charge in [-0.3, -0.25) is 14.2 Å². The van der Waals surface area contributed by atoms with Crippen LogP contribution in [0, 0.1) is 0 Å². The number of thioether (sulfide) groups is 1. The molecule has 1 amide bonds. The highest BCUT2D eigenvalue weighted by Crippen LogP contribution is 2.29. The molecule has 1 saturated heterocycles. The number of carbonyl (C=O) groups excluding carboxylic acids is 1. The predicted octanol–water partition coefficient (Wildman–Crippen LogP) is 1.56. The van der Waals surface area contributed by atoms with Gasteiger partial charge in [-0.1, -0.05) is 42.1 Å². The van der Waals surface area contributed by atoms with Crippen LogP contribution >= 0.6 is 11.8 Å². The summed E-state index contributed by atoms with van der Waals surface area (Å²) in [5, 5.41) is 18.9. The summed E-state index contributed by atoms with van der Waals surface area (Å²) in [5.74, 6) is -0.617. The van der Waals surface area contributed by atoms with E-state index in [1.807, 2.05) is 78.6 Å². The third-order valence-electron chi connectivity index (χ3n) is 5.84. The number of nitrogens with zero attached hydrogens (tertiary/aromatic N) is 7. The lowest BCUT2D eigenvalue weighted by molar-refractivity contribution is -0.759. The molecular formula is C26H27N7O4S. The first-order chi connectivity index (χ1) is 18.5. The van der Waals surface area contributed by atoms with Crippen molar-refractivity contribution in [2.45, 2.75) is 0 Å². The van der Waals surface area contributed by atoms with E-state index in [1.165, 1.54) is 9.69 Å². The maximum Gasteiger partial charge on any atom is 0.324 e. The van der Waals surface area contributed by atoms with Crippen LogP contribution in [0.1, 0.15) is 5.56 Å². The number of ether oxygens (including phenoxy) is 1. The fraction of sp³-hybridized carbons (Fsp3) is 0.269. The number of hydrogen-bond acceptors (Lipinski definition) is 10. The Kier molecular flexibility index (Phi) is 7.70. The van der Waals surface area contributed by atoms with E-state index in [-0.39, 0.29) is 17.5 Å². The quantitative estimate of drug-likeness (QED) is 0.195. The van der Waals surface area contributed by atoms with Gasteiger partial charge in [0.1, 0.15) is 5.70 Å². The number of benzene rings is 2. The number of morpholine rings is 1. The van der Waals surface area contributed by atoms with Crippen molar-refractivity contribution in [1.29, 1.82) is 0 Å². The van der Waals surface area contributed by atoms with Crippen LogP contribution in [0.2, 0.25) is 0 Å². The highest BCUT2D eigenvalue weighted by atomic mass is 32.2. The largest absolute Gasteiger partial charge is 0.861 e. The van der Waals surface area contributed by atoms with Gasteiger partial charge >= 0.3 is 5.88 Å². The molecule has 0 saturated carbocycles. The monoisotopic (exact) mass is 533 g/mol. The molecule has 0 bridgehead atoms. The van der Waals surface area contributed by atoms with Crippen molar-refractivity contribution in [3.05, 3.63) is 72.1 Å². The number of hydrogen-bond donors (Lipinski definition) is 0. The molecule has 0 aliphatic carbocycles. The van der Waals surface area contributed by atoms with Crippen LogP contribution in [-0.2, 0) is 9.53 Å². The van der Waals surface area contributed by atoms with Gasteiger partial charge in [0.25, 0.3) is 12.1 Å². The highest BCUT2D eigenvalue weighted by Gasteiger charge is 2.32. The first-order valence-electron chi connectivity index (χ1n) is 12.0. The molecule has 2 aromatic carbocycles. The molecule has 2 aliphatic heterocycles. The number of rotatable bonds is 7. The molecule has 2 aliphatic rings. The maximum absolute atomic E-state index is 13.4. The number of amidine groups is 1. The molecule has 1 aromatic heterocycles. The van der Waals surface area contributed by atoms with Gasteiger partial charge < -0.3 is 14.7 Å². The van der Waals surface area contributed by atoms with E-state index >= 15 is 0 Å². The third kappa shape index (κ3) is 5.87. The molecule has 0 N–H and O–H groups in total. The molecule has 3 aromatic rings. The van der Waals surface area contributed by atoms with E-state index < -0.39 is 5.90 Å². The first-order valence-corrected chi connectivity index (χ1v) is 13.0. The lowest BCUT2D eigenvalue weighted by Gasteiger charge is -2.18. The highest BCUT2D eigenvalue weighted by molar-refractivity contribution is 8.14. The summed E-state index contributed by atoms with van der Waals surface area (Å²) in [7, 11) is 3.94. The second-order valence-corrected chi connectivity index (χ2v) is 9.65. The molecule has 0 atom stereocenters. The lowest BCUT2D eigenvalue weighted by Crippen LogP contribution is -2.62. The molecule has 0 spiro atoms. The minimum atomic E-state index is -0.430. The van der Waals surface area contributed by atoms with Crippen molar-refractivity contribution in [3.63, 3.8) is 0 Å². The third-order valence-corrected chi connectivity index (χ3v) is 6.76. The Morgan fingerprint density at radius 3 is 2.61 bits per heavy atom. The van der Waals surface area contributed by atoms with Gasteiger partial charge in [-0.05, 0) is 41.8 Å². The number of carbonyl (C=O) groups is 1. The summed E-state index contributed by atoms with van der Waals surface area (Å²) in [6.45, 7) is 2.52. The summed E-state index contributed by atoms with van der Waals surface area (Å²) < 4.78 is 10.5. The Balaban J connectivity index is 1.33. The van der Waals surface area contributed by atoms with Gasteiger partial charge in [-0.2, -0.15) is 0 Å². The Hall–Kier alpha value is -4.16. The minimum Gasteiger partial charge on any atom is -0.861 e. The van der Waals surface area contributed by atoms with Crippen LogP contribution in [0.3, 0.4) is 0 Å². The van der Waals surface area contributed by atoms with Crippen molar-refractivity contribution in [2.24, 2.45) is 9.98 Å². The average Bonchev–Trinajstić information content (AvgIpc) is 3.53. The zero-order chi connectivity index (χ0) is 26.5. The molecular weight excluding hydrogens is 506 g/mol. The summed E-state index contributed by atoms with van der Waals surface area (Å²) in [4.78, 5) is 27.0. The van der Waals surface area contributed by atoms with Crippen LogP contribution in [0.25, 0.3) is 6.08 Å². The molecule has 0 radical (unpaired) electrons. The standard InChI is InChI=1S/C26H27N7O4S/c1-30(2)20-10-8-19(9-11-20)16-22-25(35)33(21-6-4-3-5-7-21)26(27-22)38-18-23(34)28-24-17-32(29-37-24)31-12-14-36-15-13-31/h3-11,16-17H,12-15,18H2,1-2H3/b22-16+. The number of aromatic nitrogens is 2. The summed E-state index contributed by atoms with van der Waals surface area (Å²) in [5.41, 5.74) is 2.87. The predicted molar refractivity (Wildman–Crippen MR) is 145 cm³/mol. The Morgan fingerprint density at radius 1 is 1.16 bits per heavy atom. The van der Waals surface area contributed by atoms with Gasteiger partial charge in [0.2, 0.25) is 5.27 Å². The van der Waals surface area contributed by atoms with E-state index in [4.69, 9.17) is 9.26 Å². The van der Waals surface area contributed by atoms with Crippen LogP contribution in [0.5, 0.6) is 0 Å². The fourth-order valence-corrected chi connectivity index (χ4v) is 4.67. The summed E-state index contributed by atoms with van der Waals surface area (Å²) >= 11 is 1.14. The van der Waals surface area contributed by atoms with Crippen molar-refractivity contribution in [2.75, 3.05) is 61.0 Å². The molecule has 1 fully saturated rings. The molecule has 196 valence electrons. The molecule has 3 heterocycles. The van der Waals surface area contributed by atoms with Gasteiger partial charge in [-0.25, -0.2) is 9.98 Å². The van der Waals surface area contributed by atoms with E-state index in [1.54, 1.807) is 12.3 Å². The lowest BCUT2D eigenvalue weighted by atomic mass is 10.1. The van der Waals surface area contributed by atoms with Gasteiger partial charge in [0, 0.05) is 25.5 Å². The fourth-order valence-electron chi connectivity index (χ4n) is 3.88. The normalized spacial score (nSPS) is 17.3. The zero-order valence-electron chi connectivity index (χ0n) is 21.1. The second kappa shape index (κ2) is 11.5. The smallest absolute Gasteiger partial charge is 0.324 e. The topological polar surface area (TPSA) is 114 Å². The number of amides is 1. The molecule has 0 unspecified atom stereocenters. The van der Waals surface area contributed by atoms with Crippen molar-refractivity contribution in [3.8, 4) is 0 Å². The second-order valence-electron chi connectivity index (χ2n) is 8.71. The van der Waals surface area contributed by atoms with E-state index in [9.17, 15) is 9.90 Å². The SMILES string of the molecule is CN(C)c1ccc(/C=C2/N=C(SC/C([O-])=N/c3c[n+](N4CCOCC4)no3)N(c3ccccc3)C2=O)cc1. The molecule has 12 heteroatoms. The van der Waals surface area contributed by atoms with Crippen LogP contribution in [0.15, 0.2) is 81.0 Å². The maximum atomic E-state index is 13.4. The Labute approximate surface area is 224 Å². The van der Waals surface area contributed by atoms with Gasteiger partial charge in [0.15, 0.2) is 5.17 Å². The van der Waals surface area contributed by atoms with Crippen LogP contribution in [-0.4, -0.2) is 68.4 Å². The van der Waals surface area contributed by atoms with Gasteiger partial charge in [-0.15, -0.1) is 5.01 Å². The number of anilines is 2. The number of aliphatic imine (C=N–C) groups is 2. The Morgan fingerprint density at radius 2 is 1.89 bits per heavy atom. The van der Waals surface area contributed by atoms with Gasteiger partial charge in [0.05, 0.1) is 36.8 Å². The van der Waals surface area contributed by atoms with Crippen molar-refractivity contribution in [1.82, 2.24) is 5.27 Å². The molecule has 5 rings (SSSR count). The van der Waals surface area contributed by atoms with Crippen molar-refractivity contribution < 1.29 is 24.0 Å². The number of para-hydroxylation sites is 1. The Bertz CT molecular complexity index is 1360. The zero-order valence-corrected chi connectivity index (χ0v) is 21.9. The van der Waals surface area contributed by atoms with Crippen molar-refractivity contribution >= 4 is 52.1 Å².